The smallest absolute Gasteiger partial charge is 0.307 e. The average molecular weight is 359 g/mol. The molecule has 0 bridgehead atoms. The van der Waals surface area contributed by atoms with E-state index in [1.54, 1.807) is 43.5 Å². The van der Waals surface area contributed by atoms with Crippen molar-refractivity contribution >= 4 is 11.9 Å². The normalized spacial score (nSPS) is 11.5. The van der Waals surface area contributed by atoms with Gasteiger partial charge < -0.3 is 14.8 Å². The van der Waals surface area contributed by atoms with Crippen LogP contribution in [-0.4, -0.2) is 26.1 Å². The maximum atomic E-state index is 12.9. The molecular weight excluding hydrogens is 337 g/mol. The summed E-state index contributed by atoms with van der Waals surface area (Å²) in [4.78, 5) is 24.0. The highest BCUT2D eigenvalue weighted by molar-refractivity contribution is 5.78. The van der Waals surface area contributed by atoms with Crippen LogP contribution < -0.4 is 10.1 Å². The molecule has 0 saturated carbocycles. The Bertz CT molecular complexity index is 728. The van der Waals surface area contributed by atoms with Gasteiger partial charge >= 0.3 is 5.97 Å². The lowest BCUT2D eigenvalue weighted by atomic mass is 10.0. The zero-order chi connectivity index (χ0) is 18.9. The number of ether oxygens (including phenoxy) is 2. The molecule has 1 amide bonds. The number of benzene rings is 2. The molecule has 0 spiro atoms. The van der Waals surface area contributed by atoms with Crippen LogP contribution in [0.15, 0.2) is 48.5 Å². The van der Waals surface area contributed by atoms with E-state index in [9.17, 15) is 14.0 Å². The van der Waals surface area contributed by atoms with E-state index in [1.165, 1.54) is 19.2 Å². The second kappa shape index (κ2) is 9.56. The van der Waals surface area contributed by atoms with Gasteiger partial charge in [-0.05, 0) is 41.8 Å². The van der Waals surface area contributed by atoms with Crippen molar-refractivity contribution in [1.29, 1.82) is 0 Å². The minimum Gasteiger partial charge on any atom is -0.497 e. The van der Waals surface area contributed by atoms with Gasteiger partial charge in [-0.15, -0.1) is 0 Å². The van der Waals surface area contributed by atoms with Crippen molar-refractivity contribution in [3.8, 4) is 5.75 Å². The minimum absolute atomic E-state index is 0.0329. The van der Waals surface area contributed by atoms with E-state index >= 15 is 0 Å². The number of amides is 1. The summed E-state index contributed by atoms with van der Waals surface area (Å²) in [6.07, 6.45) is 0.754. The van der Waals surface area contributed by atoms with Crippen molar-refractivity contribution in [1.82, 2.24) is 5.32 Å². The number of carbonyl (C=O) groups excluding carboxylic acids is 2. The fourth-order valence-electron chi connectivity index (χ4n) is 2.51. The summed E-state index contributed by atoms with van der Waals surface area (Å²) in [7, 11) is 2.88. The number of carbonyl (C=O) groups is 2. The molecule has 2 aromatic rings. The lowest BCUT2D eigenvalue weighted by Crippen LogP contribution is -2.30. The lowest BCUT2D eigenvalue weighted by Gasteiger charge is -2.18. The summed E-state index contributed by atoms with van der Waals surface area (Å²) in [5.74, 6) is -0.229. The van der Waals surface area contributed by atoms with Crippen LogP contribution in [-0.2, 0) is 20.7 Å². The van der Waals surface area contributed by atoms with Crippen molar-refractivity contribution in [3.63, 3.8) is 0 Å². The van der Waals surface area contributed by atoms with Crippen LogP contribution in [0.4, 0.5) is 4.39 Å². The summed E-state index contributed by atoms with van der Waals surface area (Å²) in [6.45, 7) is 0. The molecule has 26 heavy (non-hydrogen) atoms. The molecule has 0 aliphatic carbocycles. The average Bonchev–Trinajstić information content (AvgIpc) is 2.67. The Hall–Kier alpha value is -2.89. The summed E-state index contributed by atoms with van der Waals surface area (Å²) in [5, 5.41) is 2.86. The molecule has 0 aromatic heterocycles. The highest BCUT2D eigenvalue weighted by Crippen LogP contribution is 2.21. The minimum atomic E-state index is -0.492. The molecule has 5 nitrogen and oxygen atoms in total. The molecule has 0 aliphatic heterocycles. The van der Waals surface area contributed by atoms with E-state index in [1.807, 2.05) is 0 Å². The zero-order valence-corrected chi connectivity index (χ0v) is 14.8. The van der Waals surface area contributed by atoms with E-state index in [0.29, 0.717) is 12.2 Å². The first-order valence-electron chi connectivity index (χ1n) is 8.26. The van der Waals surface area contributed by atoms with Crippen molar-refractivity contribution in [2.75, 3.05) is 14.2 Å². The van der Waals surface area contributed by atoms with Crippen LogP contribution in [0.2, 0.25) is 0 Å². The van der Waals surface area contributed by atoms with E-state index in [2.05, 4.69) is 5.32 Å². The Balaban J connectivity index is 2.00. The third kappa shape index (κ3) is 5.88. The van der Waals surface area contributed by atoms with Gasteiger partial charge in [-0.25, -0.2) is 4.39 Å². The Labute approximate surface area is 152 Å². The molecule has 1 N–H and O–H groups in total. The molecule has 1 atom stereocenters. The predicted octanol–water partition coefficient (Wildman–Crippen LogP) is 3.19. The third-order valence-corrected chi connectivity index (χ3v) is 4.01. The van der Waals surface area contributed by atoms with E-state index in [0.717, 1.165) is 11.1 Å². The molecule has 6 heteroatoms. The number of methoxy groups -OCH3 is 2. The molecule has 0 aliphatic rings. The van der Waals surface area contributed by atoms with E-state index < -0.39 is 12.0 Å². The number of rotatable bonds is 8. The van der Waals surface area contributed by atoms with Gasteiger partial charge in [0.1, 0.15) is 11.6 Å². The first-order chi connectivity index (χ1) is 12.5. The molecule has 0 heterocycles. The van der Waals surface area contributed by atoms with Gasteiger partial charge in [-0.2, -0.15) is 0 Å². The van der Waals surface area contributed by atoms with Gasteiger partial charge in [0.2, 0.25) is 5.91 Å². The van der Waals surface area contributed by atoms with Gasteiger partial charge in [0, 0.05) is 6.42 Å². The fraction of sp³-hybridized carbons (Fsp3) is 0.300. The largest absolute Gasteiger partial charge is 0.497 e. The Kier molecular flexibility index (Phi) is 7.14. The number of nitrogens with one attached hydrogen (secondary N) is 1. The standard InChI is InChI=1S/C20H22FNO4/c1-25-17-10-6-15(7-11-17)18(13-20(24)26-2)22-19(23)12-5-14-3-8-16(21)9-4-14/h3-4,6-11,18H,5,12-13H2,1-2H3,(H,22,23). The number of aryl methyl sites for hydroxylation is 1. The molecule has 0 fully saturated rings. The molecule has 0 saturated heterocycles. The van der Waals surface area contributed by atoms with Crippen LogP contribution in [0, 0.1) is 5.82 Å². The van der Waals surface area contributed by atoms with Gasteiger partial charge in [-0.3, -0.25) is 9.59 Å². The molecule has 0 radical (unpaired) electrons. The molecule has 2 rings (SSSR count). The fourth-order valence-corrected chi connectivity index (χ4v) is 2.51. The van der Waals surface area contributed by atoms with Gasteiger partial charge in [0.25, 0.3) is 0 Å². The number of halogens is 1. The van der Waals surface area contributed by atoms with Gasteiger partial charge in [0.05, 0.1) is 26.7 Å². The van der Waals surface area contributed by atoms with E-state index in [-0.39, 0.29) is 24.6 Å². The quantitative estimate of drug-likeness (QED) is 0.735. The van der Waals surface area contributed by atoms with Crippen molar-refractivity contribution < 1.29 is 23.5 Å². The van der Waals surface area contributed by atoms with Crippen LogP contribution in [0.25, 0.3) is 0 Å². The Morgan fingerprint density at radius 2 is 1.69 bits per heavy atom. The first kappa shape index (κ1) is 19.4. The summed E-state index contributed by atoms with van der Waals surface area (Å²) < 4.78 is 22.8. The van der Waals surface area contributed by atoms with Crippen LogP contribution in [0.3, 0.4) is 0 Å². The SMILES string of the molecule is COC(=O)CC(NC(=O)CCc1ccc(F)cc1)c1ccc(OC)cc1. The number of esters is 1. The highest BCUT2D eigenvalue weighted by atomic mass is 19.1. The summed E-state index contributed by atoms with van der Waals surface area (Å²) >= 11 is 0. The molecule has 138 valence electrons. The lowest BCUT2D eigenvalue weighted by molar-refractivity contribution is -0.141. The number of hydrogen-bond donors (Lipinski definition) is 1. The zero-order valence-electron chi connectivity index (χ0n) is 14.8. The van der Waals surface area contributed by atoms with Crippen LogP contribution >= 0.6 is 0 Å². The van der Waals surface area contributed by atoms with Crippen molar-refractivity contribution in [2.45, 2.75) is 25.3 Å². The molecule has 2 aromatic carbocycles. The third-order valence-electron chi connectivity index (χ3n) is 4.01. The topological polar surface area (TPSA) is 64.6 Å². The maximum absolute atomic E-state index is 12.9. The molecule has 1 unspecified atom stereocenters. The van der Waals surface area contributed by atoms with Gasteiger partial charge in [0.15, 0.2) is 0 Å². The van der Waals surface area contributed by atoms with E-state index in [4.69, 9.17) is 9.47 Å². The first-order valence-corrected chi connectivity index (χ1v) is 8.26. The van der Waals surface area contributed by atoms with Crippen LogP contribution in [0.5, 0.6) is 5.75 Å². The Morgan fingerprint density at radius 1 is 1.04 bits per heavy atom. The van der Waals surface area contributed by atoms with Crippen molar-refractivity contribution in [3.05, 3.63) is 65.5 Å². The predicted molar refractivity (Wildman–Crippen MR) is 95.2 cm³/mol. The Morgan fingerprint density at radius 3 is 2.27 bits per heavy atom. The van der Waals surface area contributed by atoms with Crippen LogP contribution in [0.1, 0.15) is 30.0 Å². The summed E-state index contributed by atoms with van der Waals surface area (Å²) in [6, 6.07) is 12.7. The second-order valence-corrected chi connectivity index (χ2v) is 5.80. The summed E-state index contributed by atoms with van der Waals surface area (Å²) in [5.41, 5.74) is 1.65. The van der Waals surface area contributed by atoms with Crippen molar-refractivity contribution in [2.24, 2.45) is 0 Å². The van der Waals surface area contributed by atoms with Gasteiger partial charge in [-0.1, -0.05) is 24.3 Å². The second-order valence-electron chi connectivity index (χ2n) is 5.80. The molecular formula is C20H22FNO4. The highest BCUT2D eigenvalue weighted by Gasteiger charge is 2.19. The monoisotopic (exact) mass is 359 g/mol. The number of hydrogen-bond acceptors (Lipinski definition) is 4. The maximum Gasteiger partial charge on any atom is 0.307 e.